The summed E-state index contributed by atoms with van der Waals surface area (Å²) in [5, 5.41) is 17.9. The molecule has 2 heterocycles. The molecule has 1 unspecified atom stereocenters. The molecule has 0 aliphatic carbocycles. The molecule has 1 aliphatic heterocycles. The number of benzene rings is 1. The van der Waals surface area contributed by atoms with Gasteiger partial charge in [-0.1, -0.05) is 18.6 Å². The monoisotopic (exact) mass is 336 g/mol. The van der Waals surface area contributed by atoms with Gasteiger partial charge in [0.25, 0.3) is 0 Å². The molecule has 0 radical (unpaired) electrons. The van der Waals surface area contributed by atoms with Gasteiger partial charge in [-0.2, -0.15) is 0 Å². The van der Waals surface area contributed by atoms with Gasteiger partial charge in [-0.05, 0) is 48.9 Å². The highest BCUT2D eigenvalue weighted by Gasteiger charge is 2.20. The van der Waals surface area contributed by atoms with Crippen molar-refractivity contribution in [3.05, 3.63) is 24.3 Å². The lowest BCUT2D eigenvalue weighted by Crippen LogP contribution is -2.43. The number of carbonyl (C=O) groups is 1. The van der Waals surface area contributed by atoms with Gasteiger partial charge in [0.2, 0.25) is 5.91 Å². The Morgan fingerprint density at radius 2 is 2.30 bits per heavy atom. The van der Waals surface area contributed by atoms with E-state index in [4.69, 9.17) is 0 Å². The Morgan fingerprint density at radius 3 is 3.04 bits per heavy atom. The highest BCUT2D eigenvalue weighted by atomic mass is 35.5. The van der Waals surface area contributed by atoms with Crippen molar-refractivity contribution < 1.29 is 4.79 Å². The van der Waals surface area contributed by atoms with E-state index >= 15 is 0 Å². The number of nitrogens with zero attached hydrogens (tertiary/aromatic N) is 4. The topological polar surface area (TPSA) is 84.7 Å². The van der Waals surface area contributed by atoms with Crippen molar-refractivity contribution in [1.82, 2.24) is 25.5 Å². The molecular weight excluding hydrogens is 316 g/mol. The molecular formula is C15H21ClN6O. The molecule has 0 bridgehead atoms. The molecule has 1 fully saturated rings. The number of rotatable bonds is 4. The lowest BCUT2D eigenvalue weighted by atomic mass is 10.0. The summed E-state index contributed by atoms with van der Waals surface area (Å²) in [6.07, 6.45) is 3.12. The molecule has 0 saturated carbocycles. The van der Waals surface area contributed by atoms with Crippen LogP contribution in [0.3, 0.4) is 0 Å². The molecule has 23 heavy (non-hydrogen) atoms. The summed E-state index contributed by atoms with van der Waals surface area (Å²) in [6, 6.07) is 7.52. The molecule has 1 aromatic carbocycles. The number of anilines is 1. The summed E-state index contributed by atoms with van der Waals surface area (Å²) >= 11 is 0. The Kier molecular flexibility index (Phi) is 6.06. The van der Waals surface area contributed by atoms with E-state index in [0.717, 1.165) is 37.1 Å². The summed E-state index contributed by atoms with van der Waals surface area (Å²) in [5.74, 6) is 0.723. The number of carbonyl (C=O) groups excluding carboxylic acids is 1. The highest BCUT2D eigenvalue weighted by molar-refractivity contribution is 5.95. The first kappa shape index (κ1) is 17.4. The molecule has 124 valence electrons. The standard InChI is InChI=1S/C15H20N6O.ClH/c1-2-21-14(18-19-20-21)11-6-5-7-12(10-11)17-15(22)13-8-3-4-9-16-13;/h5-7,10,13,16H,2-4,8-9H2,1H3,(H,17,22);1H. The van der Waals surface area contributed by atoms with Gasteiger partial charge in [0.15, 0.2) is 5.82 Å². The molecule has 8 heteroatoms. The second-order valence-corrected chi connectivity index (χ2v) is 5.39. The van der Waals surface area contributed by atoms with Gasteiger partial charge in [0.1, 0.15) is 0 Å². The molecule has 1 aromatic heterocycles. The van der Waals surface area contributed by atoms with Gasteiger partial charge in [-0.25, -0.2) is 4.68 Å². The van der Waals surface area contributed by atoms with Crippen LogP contribution in [0.4, 0.5) is 5.69 Å². The van der Waals surface area contributed by atoms with Crippen LogP contribution >= 0.6 is 12.4 Å². The van der Waals surface area contributed by atoms with Crippen LogP contribution in [0.1, 0.15) is 26.2 Å². The van der Waals surface area contributed by atoms with E-state index in [1.807, 2.05) is 31.2 Å². The van der Waals surface area contributed by atoms with E-state index in [-0.39, 0.29) is 24.4 Å². The van der Waals surface area contributed by atoms with Crippen molar-refractivity contribution >= 4 is 24.0 Å². The minimum atomic E-state index is -0.0987. The molecule has 7 nitrogen and oxygen atoms in total. The maximum atomic E-state index is 12.3. The molecule has 3 rings (SSSR count). The van der Waals surface area contributed by atoms with Crippen LogP contribution in [0.15, 0.2) is 24.3 Å². The van der Waals surface area contributed by atoms with Crippen LogP contribution < -0.4 is 10.6 Å². The Bertz CT molecular complexity index is 653. The minimum Gasteiger partial charge on any atom is -0.325 e. The first-order chi connectivity index (χ1) is 10.8. The predicted molar refractivity (Wildman–Crippen MR) is 90.4 cm³/mol. The molecule has 0 spiro atoms. The van der Waals surface area contributed by atoms with Gasteiger partial charge < -0.3 is 10.6 Å². The highest BCUT2D eigenvalue weighted by Crippen LogP contribution is 2.20. The number of piperidine rings is 1. The maximum absolute atomic E-state index is 12.3. The van der Waals surface area contributed by atoms with Crippen LogP contribution in [-0.4, -0.2) is 38.7 Å². The molecule has 1 atom stereocenters. The van der Waals surface area contributed by atoms with Gasteiger partial charge in [-0.15, -0.1) is 17.5 Å². The van der Waals surface area contributed by atoms with E-state index in [2.05, 4.69) is 26.2 Å². The number of hydrogen-bond acceptors (Lipinski definition) is 5. The largest absolute Gasteiger partial charge is 0.325 e. The number of aryl methyl sites for hydroxylation is 1. The first-order valence-electron chi connectivity index (χ1n) is 7.69. The second-order valence-electron chi connectivity index (χ2n) is 5.39. The Balaban J connectivity index is 0.00000192. The third-order valence-electron chi connectivity index (χ3n) is 3.85. The van der Waals surface area contributed by atoms with Crippen molar-refractivity contribution in [3.63, 3.8) is 0 Å². The number of hydrogen-bond donors (Lipinski definition) is 2. The third-order valence-corrected chi connectivity index (χ3v) is 3.85. The van der Waals surface area contributed by atoms with E-state index in [0.29, 0.717) is 12.4 Å². The zero-order chi connectivity index (χ0) is 15.4. The van der Waals surface area contributed by atoms with Crippen LogP contribution in [0.2, 0.25) is 0 Å². The predicted octanol–water partition coefficient (Wildman–Crippen LogP) is 1.86. The zero-order valence-electron chi connectivity index (χ0n) is 13.0. The summed E-state index contributed by atoms with van der Waals surface area (Å²) in [7, 11) is 0. The summed E-state index contributed by atoms with van der Waals surface area (Å²) in [4.78, 5) is 12.3. The summed E-state index contributed by atoms with van der Waals surface area (Å²) in [6.45, 7) is 3.59. The molecule has 1 amide bonds. The van der Waals surface area contributed by atoms with Crippen molar-refractivity contribution in [2.75, 3.05) is 11.9 Å². The third kappa shape index (κ3) is 4.05. The zero-order valence-corrected chi connectivity index (χ0v) is 13.8. The van der Waals surface area contributed by atoms with Gasteiger partial charge in [-0.3, -0.25) is 4.79 Å². The fourth-order valence-electron chi connectivity index (χ4n) is 2.67. The Morgan fingerprint density at radius 1 is 1.43 bits per heavy atom. The molecule has 2 N–H and O–H groups in total. The molecule has 1 aliphatic rings. The number of halogens is 1. The molecule has 2 aromatic rings. The number of nitrogens with one attached hydrogen (secondary N) is 2. The number of tetrazole rings is 1. The maximum Gasteiger partial charge on any atom is 0.241 e. The lowest BCUT2D eigenvalue weighted by Gasteiger charge is -2.22. The fraction of sp³-hybridized carbons (Fsp3) is 0.467. The van der Waals surface area contributed by atoms with Crippen LogP contribution in [0.5, 0.6) is 0 Å². The average molecular weight is 337 g/mol. The summed E-state index contributed by atoms with van der Waals surface area (Å²) < 4.78 is 1.73. The van der Waals surface area contributed by atoms with Crippen molar-refractivity contribution in [2.45, 2.75) is 38.8 Å². The normalized spacial score (nSPS) is 17.3. The average Bonchev–Trinajstić information content (AvgIpc) is 3.04. The lowest BCUT2D eigenvalue weighted by molar-refractivity contribution is -0.118. The van der Waals surface area contributed by atoms with E-state index in [9.17, 15) is 4.79 Å². The van der Waals surface area contributed by atoms with E-state index < -0.39 is 0 Å². The first-order valence-corrected chi connectivity index (χ1v) is 7.69. The van der Waals surface area contributed by atoms with Gasteiger partial charge in [0.05, 0.1) is 6.04 Å². The van der Waals surface area contributed by atoms with Gasteiger partial charge in [0, 0.05) is 17.8 Å². The fourth-order valence-corrected chi connectivity index (χ4v) is 2.67. The van der Waals surface area contributed by atoms with Crippen molar-refractivity contribution in [1.29, 1.82) is 0 Å². The Hall–Kier alpha value is -1.99. The van der Waals surface area contributed by atoms with Gasteiger partial charge >= 0.3 is 0 Å². The SMILES string of the molecule is CCn1nnnc1-c1cccc(NC(=O)C2CCCCN2)c1.Cl. The van der Waals surface area contributed by atoms with Crippen molar-refractivity contribution in [3.8, 4) is 11.4 Å². The Labute approximate surface area is 141 Å². The van der Waals surface area contributed by atoms with Crippen LogP contribution in [0, 0.1) is 0 Å². The van der Waals surface area contributed by atoms with Crippen LogP contribution in [0.25, 0.3) is 11.4 Å². The van der Waals surface area contributed by atoms with E-state index in [1.54, 1.807) is 4.68 Å². The minimum absolute atomic E-state index is 0. The molecule has 1 saturated heterocycles. The second kappa shape index (κ2) is 8.03. The number of amides is 1. The van der Waals surface area contributed by atoms with E-state index in [1.165, 1.54) is 0 Å². The van der Waals surface area contributed by atoms with Crippen molar-refractivity contribution in [2.24, 2.45) is 0 Å². The number of aromatic nitrogens is 4. The van der Waals surface area contributed by atoms with Crippen LogP contribution in [-0.2, 0) is 11.3 Å². The quantitative estimate of drug-likeness (QED) is 0.890. The smallest absolute Gasteiger partial charge is 0.241 e. The summed E-state index contributed by atoms with van der Waals surface area (Å²) in [5.41, 5.74) is 1.65.